The Hall–Kier alpha value is -4.67. The Morgan fingerprint density at radius 1 is 0.696 bits per heavy atom. The van der Waals surface area contributed by atoms with E-state index in [9.17, 15) is 23.6 Å². The second kappa shape index (κ2) is 25.4. The molecule has 0 radical (unpaired) electrons. The van der Waals surface area contributed by atoms with Gasteiger partial charge in [-0.1, -0.05) is 12.1 Å². The first kappa shape index (κ1) is 56.9. The number of aromatic nitrogens is 8. The normalized spacial score (nSPS) is 12.3. The number of carbonyl (C=O) groups is 5. The molecule has 0 aliphatic carbocycles. The maximum atomic E-state index is 14.7. The van der Waals surface area contributed by atoms with Crippen molar-refractivity contribution in [2.75, 3.05) is 17.7 Å². The molecule has 6 aromatic rings. The smallest absolute Gasteiger partial charge is 1.00 e. The second-order valence-electron chi connectivity index (χ2n) is 16.5. The van der Waals surface area contributed by atoms with Gasteiger partial charge in [0.15, 0.2) is 11.6 Å². The van der Waals surface area contributed by atoms with Crippen molar-refractivity contribution in [3.63, 3.8) is 0 Å². The molecule has 2 N–H and O–H groups in total. The number of pyridine rings is 2. The molecule has 2 aliphatic heterocycles. The van der Waals surface area contributed by atoms with E-state index in [-0.39, 0.29) is 164 Å². The molecule has 4 aromatic heterocycles. The number of nitrogens with one attached hydrogen (secondary N) is 2. The number of hydrogen-bond donors (Lipinski definition) is 2. The Balaban J connectivity index is 0.000000331. The molecule has 8 rings (SSSR count). The number of fused-ring (bicyclic) bond motifs is 2. The number of halogens is 1. The van der Waals surface area contributed by atoms with Gasteiger partial charge in [0.05, 0.1) is 18.2 Å². The number of methoxy groups -OCH3 is 1. The molecule has 2 aliphatic rings. The minimum absolute atomic E-state index is 0. The second-order valence-corrected chi connectivity index (χ2v) is 16.5. The van der Waals surface area contributed by atoms with Gasteiger partial charge in [-0.2, -0.15) is 0 Å². The van der Waals surface area contributed by atoms with Gasteiger partial charge in [-0.15, -0.1) is 20.4 Å². The summed E-state index contributed by atoms with van der Waals surface area (Å²) in [5.41, 5.74) is 3.52. The monoisotopic (exact) mass is 996 g/mol. The third-order valence-electron chi connectivity index (χ3n) is 10.8. The van der Waals surface area contributed by atoms with Crippen LogP contribution in [0.25, 0.3) is 23.0 Å². The van der Waals surface area contributed by atoms with Crippen molar-refractivity contribution in [2.24, 2.45) is 0 Å². The first-order chi connectivity index (χ1) is 32.0. The van der Waals surface area contributed by atoms with Gasteiger partial charge in [0.2, 0.25) is 0 Å². The van der Waals surface area contributed by atoms with Crippen LogP contribution in [0.1, 0.15) is 121 Å². The molecule has 23 heteroatoms. The minimum Gasteiger partial charge on any atom is -1.00 e. The molecular formula is C46H51FK2N12O8. The van der Waals surface area contributed by atoms with Crippen molar-refractivity contribution in [1.29, 1.82) is 0 Å². The van der Waals surface area contributed by atoms with Crippen LogP contribution >= 0.6 is 0 Å². The summed E-state index contributed by atoms with van der Waals surface area (Å²) in [5, 5.41) is 30.0. The Morgan fingerprint density at radius 3 is 1.52 bits per heavy atom. The molecule has 0 bridgehead atoms. The first-order valence-electron chi connectivity index (χ1n) is 21.2. The topological polar surface area (TPSA) is 245 Å². The molecule has 352 valence electrons. The Labute approximate surface area is 484 Å². The zero-order valence-electron chi connectivity index (χ0n) is 41.3. The van der Waals surface area contributed by atoms with Gasteiger partial charge in [-0.05, 0) is 115 Å². The van der Waals surface area contributed by atoms with E-state index < -0.39 is 17.6 Å². The number of benzene rings is 2. The molecule has 0 saturated heterocycles. The van der Waals surface area contributed by atoms with Gasteiger partial charge in [-0.3, -0.25) is 24.0 Å². The number of amides is 4. The van der Waals surface area contributed by atoms with Gasteiger partial charge in [0, 0.05) is 48.4 Å². The number of rotatable bonds is 12. The predicted octanol–water partition coefficient (Wildman–Crippen LogP) is -0.222. The van der Waals surface area contributed by atoms with Crippen LogP contribution in [-0.2, 0) is 22.8 Å². The van der Waals surface area contributed by atoms with Crippen LogP contribution in [0.15, 0.2) is 73.3 Å². The fourth-order valence-electron chi connectivity index (χ4n) is 7.30. The largest absolute Gasteiger partial charge is 1.00 e. The number of carbonyl (C=O) groups excluding carboxylic acids is 5. The zero-order valence-corrected chi connectivity index (χ0v) is 46.6. The van der Waals surface area contributed by atoms with E-state index in [1.165, 1.54) is 19.2 Å². The van der Waals surface area contributed by atoms with E-state index in [1.54, 1.807) is 64.9 Å². The minimum atomic E-state index is -0.676. The number of hydrogen-bond acceptors (Lipinski definition) is 14. The SMILES string of the molecule is CC(C)N1Cc2cc(F)c(C(=O)Nc3cccc(-c4nncn4C(C)C)n3)cc2C1=O.COc1cc2c(cc1C(=O)Nc1cccc(-c3nncn3C(C)C)n1)C(=O)N(C(C)C)C2.O=CO[O-].[H-].[K+].[K+]. The molecule has 0 saturated carbocycles. The molecule has 0 atom stereocenters. The van der Waals surface area contributed by atoms with E-state index in [1.807, 2.05) is 70.6 Å². The molecule has 0 fully saturated rings. The van der Waals surface area contributed by atoms with Crippen LogP contribution in [-0.4, -0.2) is 98.6 Å². The molecule has 20 nitrogen and oxygen atoms in total. The summed E-state index contributed by atoms with van der Waals surface area (Å²) in [6.45, 7) is 16.4. The molecule has 4 amide bonds. The summed E-state index contributed by atoms with van der Waals surface area (Å²) in [6, 6.07) is 16.7. The van der Waals surface area contributed by atoms with Gasteiger partial charge in [0.25, 0.3) is 30.1 Å². The molecule has 0 unspecified atom stereocenters. The van der Waals surface area contributed by atoms with Crippen LogP contribution in [0.5, 0.6) is 5.75 Å². The first-order valence-corrected chi connectivity index (χ1v) is 21.2. The van der Waals surface area contributed by atoms with Crippen LogP contribution in [0.2, 0.25) is 0 Å². The van der Waals surface area contributed by atoms with Crippen molar-refractivity contribution < 1.29 is 147 Å². The standard InChI is InChI=1S/C23H26N6O3.C22H23FN6O2.CH2O3.2K.H/c1-13(2)28-11-15-9-19(32-5)17(10-16(15)23(28)31)22(30)26-20-8-6-7-18(25-20)21-27-24-12-29(21)14(3)4;1-12(2)28-10-14-8-17(23)16(9-15(14)22(28)31)21(30)26-19-7-5-6-18(25-19)20-27-24-11-29(20)13(3)4;2-1-4-3;;;/h6-10,12-14H,11H2,1-5H3,(H,25,26,30);5-9,11-13H,10H2,1-4H3,(H,25,26,30);1,3H;;;/q;;;2*+1;-1/p-1. The molecule has 2 aromatic carbocycles. The van der Waals surface area contributed by atoms with E-state index >= 15 is 0 Å². The number of nitrogens with zero attached hydrogens (tertiary/aromatic N) is 10. The van der Waals surface area contributed by atoms with Crippen molar-refractivity contribution in [2.45, 2.75) is 92.6 Å². The summed E-state index contributed by atoms with van der Waals surface area (Å²) < 4.78 is 23.9. The van der Waals surface area contributed by atoms with E-state index in [2.05, 4.69) is 45.9 Å². The fraction of sp³-hybridized carbons (Fsp3) is 0.326. The Bertz CT molecular complexity index is 2830. The molecule has 6 heterocycles. The van der Waals surface area contributed by atoms with Crippen LogP contribution in [0.3, 0.4) is 0 Å². The van der Waals surface area contributed by atoms with Gasteiger partial charge in [-0.25, -0.2) is 14.4 Å². The summed E-state index contributed by atoms with van der Waals surface area (Å²) in [5.74, 6) is 0.161. The van der Waals surface area contributed by atoms with Gasteiger partial charge in [0.1, 0.15) is 47.2 Å². The van der Waals surface area contributed by atoms with Crippen LogP contribution in [0, 0.1) is 5.82 Å². The summed E-state index contributed by atoms with van der Waals surface area (Å²) in [6.07, 6.45) is 3.27. The Morgan fingerprint density at radius 2 is 1.12 bits per heavy atom. The summed E-state index contributed by atoms with van der Waals surface area (Å²) in [4.78, 5) is 74.8. The van der Waals surface area contributed by atoms with E-state index in [4.69, 9.17) is 14.8 Å². The van der Waals surface area contributed by atoms with Crippen molar-refractivity contribution in [3.8, 4) is 28.8 Å². The van der Waals surface area contributed by atoms with Crippen LogP contribution in [0.4, 0.5) is 16.0 Å². The van der Waals surface area contributed by atoms with Crippen molar-refractivity contribution in [3.05, 3.63) is 113 Å². The Kier molecular flexibility index (Phi) is 21.0. The van der Waals surface area contributed by atoms with E-state index in [0.717, 1.165) is 5.56 Å². The molecule has 69 heavy (non-hydrogen) atoms. The molecular weight excluding hydrogens is 946 g/mol. The van der Waals surface area contributed by atoms with Crippen LogP contribution < -0.4 is 123 Å². The van der Waals surface area contributed by atoms with Gasteiger partial charge < -0.3 is 45.9 Å². The summed E-state index contributed by atoms with van der Waals surface area (Å²) >= 11 is 0. The third-order valence-corrected chi connectivity index (χ3v) is 10.8. The number of ether oxygens (including phenoxy) is 1. The van der Waals surface area contributed by atoms with Crippen molar-refractivity contribution in [1.82, 2.24) is 49.3 Å². The van der Waals surface area contributed by atoms with Gasteiger partial charge >= 0.3 is 103 Å². The number of anilines is 2. The van der Waals surface area contributed by atoms with E-state index in [0.29, 0.717) is 64.4 Å². The maximum absolute atomic E-state index is 14.7. The maximum Gasteiger partial charge on any atom is 1.00 e. The average Bonchev–Trinajstić information content (AvgIpc) is 4.12. The third kappa shape index (κ3) is 13.2. The summed E-state index contributed by atoms with van der Waals surface area (Å²) in [7, 11) is 1.51. The average molecular weight is 997 g/mol. The van der Waals surface area contributed by atoms with Crippen molar-refractivity contribution >= 4 is 41.7 Å². The predicted molar refractivity (Wildman–Crippen MR) is 241 cm³/mol. The quantitative estimate of drug-likeness (QED) is 0.0698. The molecule has 0 spiro atoms. The zero-order chi connectivity index (χ0) is 48.7. The fourth-order valence-corrected chi connectivity index (χ4v) is 7.30.